The number of methoxy groups -OCH3 is 1. The van der Waals surface area contributed by atoms with Crippen LogP contribution < -0.4 is 19.9 Å². The van der Waals surface area contributed by atoms with Crippen molar-refractivity contribution < 1.29 is 28.3 Å². The molecule has 43 heavy (non-hydrogen) atoms. The summed E-state index contributed by atoms with van der Waals surface area (Å²) in [5, 5.41) is 25.1. The smallest absolute Gasteiger partial charge is 0.341 e. The van der Waals surface area contributed by atoms with Crippen LogP contribution in [0.4, 0.5) is 43.3 Å². The molecule has 14 heteroatoms. The fourth-order valence-corrected chi connectivity index (χ4v) is 5.93. The molecule has 0 spiro atoms. The molecule has 228 valence electrons. The lowest BCUT2D eigenvalue weighted by atomic mass is 9.87. The van der Waals surface area contributed by atoms with E-state index in [1.807, 2.05) is 37.7 Å². The number of carboxylic acid groups (broad SMARTS) is 1. The molecule has 3 heterocycles. The van der Waals surface area contributed by atoms with Crippen molar-refractivity contribution in [1.82, 2.24) is 14.9 Å². The number of hydrogen-bond donors (Lipinski definition) is 2. The van der Waals surface area contributed by atoms with Crippen molar-refractivity contribution in [3.8, 4) is 5.75 Å². The van der Waals surface area contributed by atoms with E-state index >= 15 is 0 Å². The summed E-state index contributed by atoms with van der Waals surface area (Å²) < 4.78 is 34.1. The standard InChI is InChI=1S/C29H33F2N7O5/c1-29(2)15-37(22-10-20(31)19(30)9-18(22)29)26-17(27(39)40)13-32-28(34-26)33-21-11-24(38(41)42)23(12-25(21)43-5)36-8-6-7-16(36)14-35(3)4/h9-13,16H,6-8,14-15H2,1-5H3,(H,39,40)(H,32,33,34)/t16-/m1/s1. The lowest BCUT2D eigenvalue weighted by Gasteiger charge is -2.29. The molecule has 1 aromatic heterocycles. The summed E-state index contributed by atoms with van der Waals surface area (Å²) in [6, 6.07) is 5.18. The van der Waals surface area contributed by atoms with E-state index in [4.69, 9.17) is 4.74 Å². The van der Waals surface area contributed by atoms with Gasteiger partial charge in [0.25, 0.3) is 5.69 Å². The first-order valence-corrected chi connectivity index (χ1v) is 13.7. The van der Waals surface area contributed by atoms with Gasteiger partial charge in [-0.2, -0.15) is 4.98 Å². The zero-order valence-corrected chi connectivity index (χ0v) is 24.5. The Morgan fingerprint density at radius 3 is 2.60 bits per heavy atom. The van der Waals surface area contributed by atoms with Gasteiger partial charge in [0, 0.05) is 61.2 Å². The Kier molecular flexibility index (Phi) is 7.82. The van der Waals surface area contributed by atoms with Crippen LogP contribution in [0.2, 0.25) is 0 Å². The van der Waals surface area contributed by atoms with Crippen LogP contribution in [0.1, 0.15) is 42.6 Å². The quantitative estimate of drug-likeness (QED) is 0.253. The summed E-state index contributed by atoms with van der Waals surface area (Å²) in [6.45, 7) is 5.25. The number of carboxylic acids is 1. The second-order valence-corrected chi connectivity index (χ2v) is 11.7. The molecule has 0 bridgehead atoms. The van der Waals surface area contributed by atoms with Crippen LogP contribution in [0.5, 0.6) is 5.75 Å². The van der Waals surface area contributed by atoms with Gasteiger partial charge in [-0.25, -0.2) is 18.6 Å². The normalized spacial score (nSPS) is 17.3. The number of hydrogen-bond acceptors (Lipinski definition) is 10. The zero-order valence-electron chi connectivity index (χ0n) is 24.5. The molecular weight excluding hydrogens is 564 g/mol. The highest BCUT2D eigenvalue weighted by Gasteiger charge is 2.39. The predicted molar refractivity (Wildman–Crippen MR) is 157 cm³/mol. The maximum Gasteiger partial charge on any atom is 0.341 e. The number of halogens is 2. The van der Waals surface area contributed by atoms with Gasteiger partial charge in [-0.15, -0.1) is 0 Å². The number of likely N-dealkylation sites (N-methyl/N-ethyl adjacent to an activating group) is 1. The second-order valence-electron chi connectivity index (χ2n) is 11.7. The Morgan fingerprint density at radius 2 is 1.95 bits per heavy atom. The van der Waals surface area contributed by atoms with Gasteiger partial charge in [0.1, 0.15) is 17.0 Å². The molecule has 12 nitrogen and oxygen atoms in total. The van der Waals surface area contributed by atoms with Crippen molar-refractivity contribution in [2.75, 3.05) is 56.0 Å². The van der Waals surface area contributed by atoms with Crippen LogP contribution in [-0.2, 0) is 5.41 Å². The molecule has 2 aromatic carbocycles. The molecular formula is C29H33F2N7O5. The average Bonchev–Trinajstić information content (AvgIpc) is 3.49. The summed E-state index contributed by atoms with van der Waals surface area (Å²) in [5.41, 5.74) is 0.370. The third-order valence-corrected chi connectivity index (χ3v) is 7.87. The van der Waals surface area contributed by atoms with Gasteiger partial charge >= 0.3 is 5.97 Å². The minimum atomic E-state index is -1.31. The van der Waals surface area contributed by atoms with E-state index in [2.05, 4.69) is 15.3 Å². The van der Waals surface area contributed by atoms with Gasteiger partial charge in [0.15, 0.2) is 17.5 Å². The Hall–Kier alpha value is -4.59. The minimum absolute atomic E-state index is 0.0449. The maximum absolute atomic E-state index is 14.3. The van der Waals surface area contributed by atoms with E-state index in [-0.39, 0.29) is 47.0 Å². The molecule has 0 saturated carbocycles. The monoisotopic (exact) mass is 597 g/mol. The van der Waals surface area contributed by atoms with Gasteiger partial charge < -0.3 is 29.9 Å². The first kappa shape index (κ1) is 29.9. The second kappa shape index (κ2) is 11.2. The van der Waals surface area contributed by atoms with Gasteiger partial charge in [-0.1, -0.05) is 13.8 Å². The highest BCUT2D eigenvalue weighted by atomic mass is 19.2. The molecule has 2 aliphatic rings. The maximum atomic E-state index is 14.3. The molecule has 3 aromatic rings. The number of fused-ring (bicyclic) bond motifs is 1. The van der Waals surface area contributed by atoms with Crippen LogP contribution in [0, 0.1) is 21.7 Å². The summed E-state index contributed by atoms with van der Waals surface area (Å²) in [5.74, 6) is -3.21. The first-order valence-electron chi connectivity index (χ1n) is 13.7. The number of aromatic nitrogens is 2. The molecule has 1 saturated heterocycles. The lowest BCUT2D eigenvalue weighted by molar-refractivity contribution is -0.384. The molecule has 1 atom stereocenters. The third kappa shape index (κ3) is 5.61. The van der Waals surface area contributed by atoms with E-state index in [1.165, 1.54) is 18.1 Å². The van der Waals surface area contributed by atoms with Crippen LogP contribution >= 0.6 is 0 Å². The van der Waals surface area contributed by atoms with E-state index in [1.54, 1.807) is 6.07 Å². The Balaban J connectivity index is 1.56. The number of nitro benzene ring substituents is 1. The van der Waals surface area contributed by atoms with E-state index < -0.39 is 27.9 Å². The fraction of sp³-hybridized carbons (Fsp3) is 0.414. The Morgan fingerprint density at radius 1 is 1.23 bits per heavy atom. The van der Waals surface area contributed by atoms with E-state index in [0.717, 1.165) is 37.7 Å². The SMILES string of the molecule is COc1cc(N2CCC[C@@H]2CN(C)C)c([N+](=O)[O-])cc1Nc1ncc(C(=O)O)c(N2CC(C)(C)c3cc(F)c(F)cc32)n1. The van der Waals surface area contributed by atoms with Crippen molar-refractivity contribution in [3.05, 3.63) is 63.3 Å². The summed E-state index contributed by atoms with van der Waals surface area (Å²) in [7, 11) is 5.35. The lowest BCUT2D eigenvalue weighted by Crippen LogP contribution is -2.37. The van der Waals surface area contributed by atoms with Gasteiger partial charge in [0.05, 0.1) is 17.7 Å². The number of carbonyl (C=O) groups is 1. The topological polar surface area (TPSA) is 137 Å². The molecule has 0 aliphatic carbocycles. The highest BCUT2D eigenvalue weighted by molar-refractivity contribution is 5.95. The molecule has 2 N–H and O–H groups in total. The Bertz CT molecular complexity index is 1600. The predicted octanol–water partition coefficient (Wildman–Crippen LogP) is 5.07. The largest absolute Gasteiger partial charge is 0.494 e. The fourth-order valence-electron chi connectivity index (χ4n) is 5.93. The van der Waals surface area contributed by atoms with E-state index in [9.17, 15) is 28.8 Å². The number of benzene rings is 2. The number of ether oxygens (including phenoxy) is 1. The van der Waals surface area contributed by atoms with E-state index in [0.29, 0.717) is 23.5 Å². The molecule has 0 radical (unpaired) electrons. The number of anilines is 5. The van der Waals surface area contributed by atoms with Crippen LogP contribution in [0.25, 0.3) is 0 Å². The summed E-state index contributed by atoms with van der Waals surface area (Å²) in [4.78, 5) is 38.1. The number of aromatic carboxylic acids is 1. The molecule has 0 unspecified atom stereocenters. The van der Waals surface area contributed by atoms with Crippen LogP contribution in [-0.4, -0.2) is 77.7 Å². The number of nitro groups is 1. The number of nitrogens with zero attached hydrogens (tertiary/aromatic N) is 6. The van der Waals surface area contributed by atoms with Crippen molar-refractivity contribution in [1.29, 1.82) is 0 Å². The van der Waals surface area contributed by atoms with Crippen LogP contribution in [0.3, 0.4) is 0 Å². The van der Waals surface area contributed by atoms with Crippen molar-refractivity contribution in [3.63, 3.8) is 0 Å². The summed E-state index contributed by atoms with van der Waals surface area (Å²) >= 11 is 0. The molecule has 2 aliphatic heterocycles. The Labute approximate surface area is 247 Å². The van der Waals surface area contributed by atoms with Gasteiger partial charge in [0.2, 0.25) is 5.95 Å². The number of nitrogens with one attached hydrogen (secondary N) is 1. The van der Waals surface area contributed by atoms with Crippen molar-refractivity contribution >= 4 is 40.5 Å². The average molecular weight is 598 g/mol. The molecule has 1 fully saturated rings. The highest BCUT2D eigenvalue weighted by Crippen LogP contribution is 2.46. The molecule has 0 amide bonds. The van der Waals surface area contributed by atoms with Crippen LogP contribution in [0.15, 0.2) is 30.5 Å². The zero-order chi connectivity index (χ0) is 31.2. The van der Waals surface area contributed by atoms with Crippen molar-refractivity contribution in [2.45, 2.75) is 38.1 Å². The third-order valence-electron chi connectivity index (χ3n) is 7.87. The minimum Gasteiger partial charge on any atom is -0.494 e. The van der Waals surface area contributed by atoms with Gasteiger partial charge in [-0.05, 0) is 38.6 Å². The molecule has 5 rings (SSSR count). The number of rotatable bonds is 9. The van der Waals surface area contributed by atoms with Crippen molar-refractivity contribution in [2.24, 2.45) is 0 Å². The first-order chi connectivity index (χ1) is 20.3. The summed E-state index contributed by atoms with van der Waals surface area (Å²) in [6.07, 6.45) is 2.90. The van der Waals surface area contributed by atoms with Gasteiger partial charge in [-0.3, -0.25) is 10.1 Å².